The molecule has 1 aromatic carbocycles. The molecule has 0 aliphatic heterocycles. The first-order chi connectivity index (χ1) is 10.0. The van der Waals surface area contributed by atoms with Crippen molar-refractivity contribution < 1.29 is 18.9 Å². The van der Waals surface area contributed by atoms with Crippen molar-refractivity contribution in [1.82, 2.24) is 10.1 Å². The van der Waals surface area contributed by atoms with Crippen LogP contribution in [0.5, 0.6) is 11.5 Å². The van der Waals surface area contributed by atoms with Crippen molar-refractivity contribution in [3.8, 4) is 11.5 Å². The van der Waals surface area contributed by atoms with E-state index in [1.165, 1.54) is 19.2 Å². The van der Waals surface area contributed by atoms with Gasteiger partial charge in [0, 0.05) is 19.0 Å². The molecule has 0 saturated carbocycles. The molecule has 9 heteroatoms. The number of aryl methyl sites for hydroxylation is 1. The van der Waals surface area contributed by atoms with Gasteiger partial charge in [-0.15, -0.1) is 0 Å². The number of nitrogens with two attached hydrogens (primary N) is 1. The second-order valence-electron chi connectivity index (χ2n) is 4.11. The minimum Gasteiger partial charge on any atom is -0.493 e. The molecule has 0 aliphatic rings. The van der Waals surface area contributed by atoms with Crippen LogP contribution in [-0.2, 0) is 13.2 Å². The van der Waals surface area contributed by atoms with E-state index in [0.717, 1.165) is 0 Å². The fraction of sp³-hybridized carbons (Fsp3) is 0.333. The molecule has 0 bridgehead atoms. The molecular weight excluding hydrogens is 280 g/mol. The maximum atomic E-state index is 11.0. The van der Waals surface area contributed by atoms with Gasteiger partial charge in [-0.1, -0.05) is 5.16 Å². The Morgan fingerprint density at radius 2 is 2.19 bits per heavy atom. The highest BCUT2D eigenvalue weighted by Gasteiger charge is 2.19. The summed E-state index contributed by atoms with van der Waals surface area (Å²) < 4.78 is 15.4. The number of nitro groups is 1. The number of nitro benzene ring substituents is 1. The average molecular weight is 294 g/mol. The van der Waals surface area contributed by atoms with Crippen molar-refractivity contribution >= 4 is 5.69 Å². The van der Waals surface area contributed by atoms with Crippen molar-refractivity contribution in [1.29, 1.82) is 0 Å². The van der Waals surface area contributed by atoms with Gasteiger partial charge in [-0.3, -0.25) is 10.1 Å². The van der Waals surface area contributed by atoms with E-state index in [-0.39, 0.29) is 24.6 Å². The molecular formula is C12H14N4O5. The third kappa shape index (κ3) is 3.26. The average Bonchev–Trinajstić information content (AvgIpc) is 2.89. The van der Waals surface area contributed by atoms with E-state index in [2.05, 4.69) is 10.1 Å². The fourth-order valence-electron chi connectivity index (χ4n) is 1.74. The quantitative estimate of drug-likeness (QED) is 0.624. The molecule has 0 spiro atoms. The maximum Gasteiger partial charge on any atom is 0.277 e. The van der Waals surface area contributed by atoms with E-state index in [0.29, 0.717) is 23.0 Å². The normalized spacial score (nSPS) is 10.4. The summed E-state index contributed by atoms with van der Waals surface area (Å²) in [5.74, 6) is 1.30. The first-order valence-electron chi connectivity index (χ1n) is 6.02. The summed E-state index contributed by atoms with van der Waals surface area (Å²) in [5.41, 5.74) is 5.73. The van der Waals surface area contributed by atoms with Crippen molar-refractivity contribution in [2.45, 2.75) is 20.1 Å². The van der Waals surface area contributed by atoms with Crippen LogP contribution in [0.15, 0.2) is 16.7 Å². The Hall–Kier alpha value is -2.68. The van der Waals surface area contributed by atoms with Crippen molar-refractivity contribution in [2.24, 2.45) is 5.73 Å². The zero-order chi connectivity index (χ0) is 15.4. The molecule has 0 fully saturated rings. The van der Waals surface area contributed by atoms with Crippen LogP contribution < -0.4 is 15.2 Å². The predicted molar refractivity (Wildman–Crippen MR) is 70.9 cm³/mol. The topological polar surface area (TPSA) is 127 Å². The third-order valence-electron chi connectivity index (χ3n) is 2.71. The molecule has 0 radical (unpaired) electrons. The smallest absolute Gasteiger partial charge is 0.277 e. The minimum absolute atomic E-state index is 0.00677. The van der Waals surface area contributed by atoms with Gasteiger partial charge in [0.1, 0.15) is 0 Å². The highest BCUT2D eigenvalue weighted by atomic mass is 16.6. The summed E-state index contributed by atoms with van der Waals surface area (Å²) in [6.07, 6.45) is 0. The summed E-state index contributed by atoms with van der Waals surface area (Å²) >= 11 is 0. The molecule has 2 rings (SSSR count). The Kier molecular flexibility index (Phi) is 4.33. The number of hydrogen-bond donors (Lipinski definition) is 1. The third-order valence-corrected chi connectivity index (χ3v) is 2.71. The minimum atomic E-state index is -0.521. The van der Waals surface area contributed by atoms with Gasteiger partial charge in [0.25, 0.3) is 5.69 Å². The lowest BCUT2D eigenvalue weighted by atomic mass is 10.1. The molecule has 0 amide bonds. The van der Waals surface area contributed by atoms with Crippen LogP contribution in [0, 0.1) is 17.0 Å². The molecule has 21 heavy (non-hydrogen) atoms. The maximum absolute atomic E-state index is 11.0. The van der Waals surface area contributed by atoms with Crippen LogP contribution in [0.25, 0.3) is 0 Å². The Morgan fingerprint density at radius 1 is 1.43 bits per heavy atom. The van der Waals surface area contributed by atoms with Gasteiger partial charge >= 0.3 is 0 Å². The summed E-state index contributed by atoms with van der Waals surface area (Å²) in [4.78, 5) is 14.5. The van der Waals surface area contributed by atoms with Gasteiger partial charge in [-0.25, -0.2) is 0 Å². The van der Waals surface area contributed by atoms with Gasteiger partial charge < -0.3 is 19.7 Å². The lowest BCUT2D eigenvalue weighted by Gasteiger charge is -2.11. The van der Waals surface area contributed by atoms with Crippen LogP contribution >= 0.6 is 0 Å². The van der Waals surface area contributed by atoms with Crippen LogP contribution in [0.2, 0.25) is 0 Å². The SMILES string of the molecule is COc1cc(CN)c([N+](=O)[O-])cc1OCc1noc(C)n1. The number of methoxy groups -OCH3 is 1. The van der Waals surface area contributed by atoms with E-state index in [1.54, 1.807) is 6.92 Å². The van der Waals surface area contributed by atoms with E-state index >= 15 is 0 Å². The van der Waals surface area contributed by atoms with Crippen LogP contribution in [0.3, 0.4) is 0 Å². The molecule has 0 atom stereocenters. The van der Waals surface area contributed by atoms with Gasteiger partial charge in [0.2, 0.25) is 11.7 Å². The van der Waals surface area contributed by atoms with E-state index in [9.17, 15) is 10.1 Å². The summed E-state index contributed by atoms with van der Waals surface area (Å²) in [6, 6.07) is 2.75. The summed E-state index contributed by atoms with van der Waals surface area (Å²) in [6.45, 7) is 1.68. The lowest BCUT2D eigenvalue weighted by Crippen LogP contribution is -2.05. The molecule has 1 heterocycles. The molecule has 0 unspecified atom stereocenters. The first kappa shape index (κ1) is 14.7. The zero-order valence-electron chi connectivity index (χ0n) is 11.5. The van der Waals surface area contributed by atoms with Crippen LogP contribution in [0.1, 0.15) is 17.3 Å². The second kappa shape index (κ2) is 6.18. The van der Waals surface area contributed by atoms with Crippen molar-refractivity contribution in [3.05, 3.63) is 39.5 Å². The molecule has 0 saturated heterocycles. The molecule has 9 nitrogen and oxygen atoms in total. The molecule has 0 aliphatic carbocycles. The number of hydrogen-bond acceptors (Lipinski definition) is 8. The van der Waals surface area contributed by atoms with E-state index < -0.39 is 4.92 Å². The van der Waals surface area contributed by atoms with Crippen molar-refractivity contribution in [2.75, 3.05) is 7.11 Å². The number of ether oxygens (including phenoxy) is 2. The Balaban J connectivity index is 2.28. The van der Waals surface area contributed by atoms with E-state index in [4.69, 9.17) is 19.7 Å². The summed E-state index contributed by atoms with van der Waals surface area (Å²) in [7, 11) is 1.44. The first-order valence-corrected chi connectivity index (χ1v) is 6.02. The van der Waals surface area contributed by atoms with Gasteiger partial charge in [0.15, 0.2) is 18.1 Å². The largest absolute Gasteiger partial charge is 0.493 e. The number of nitrogens with zero attached hydrogens (tertiary/aromatic N) is 3. The van der Waals surface area contributed by atoms with Gasteiger partial charge in [-0.05, 0) is 6.07 Å². The Labute approximate surface area is 119 Å². The highest BCUT2D eigenvalue weighted by Crippen LogP contribution is 2.34. The highest BCUT2D eigenvalue weighted by molar-refractivity contribution is 5.54. The fourth-order valence-corrected chi connectivity index (χ4v) is 1.74. The number of benzene rings is 1. The van der Waals surface area contributed by atoms with Gasteiger partial charge in [0.05, 0.1) is 18.1 Å². The lowest BCUT2D eigenvalue weighted by molar-refractivity contribution is -0.385. The van der Waals surface area contributed by atoms with Crippen LogP contribution in [-0.4, -0.2) is 22.2 Å². The van der Waals surface area contributed by atoms with Gasteiger partial charge in [-0.2, -0.15) is 4.98 Å². The second-order valence-corrected chi connectivity index (χ2v) is 4.11. The van der Waals surface area contributed by atoms with E-state index in [1.807, 2.05) is 0 Å². The summed E-state index contributed by atoms with van der Waals surface area (Å²) in [5, 5.41) is 14.7. The molecule has 1 aromatic heterocycles. The Morgan fingerprint density at radius 3 is 2.71 bits per heavy atom. The molecule has 112 valence electrons. The zero-order valence-corrected chi connectivity index (χ0v) is 11.5. The molecule has 2 aromatic rings. The van der Waals surface area contributed by atoms with Crippen molar-refractivity contribution in [3.63, 3.8) is 0 Å². The standard InChI is InChI=1S/C12H14N4O5/c1-7-14-12(15-21-7)6-20-11-4-9(16(17)18)8(5-13)3-10(11)19-2/h3-4H,5-6,13H2,1-2H3. The number of rotatable bonds is 6. The van der Waals surface area contributed by atoms with Crippen LogP contribution in [0.4, 0.5) is 5.69 Å². The number of aromatic nitrogens is 2. The monoisotopic (exact) mass is 294 g/mol. The predicted octanol–water partition coefficient (Wildman–Crippen LogP) is 1.33. The molecule has 2 N–H and O–H groups in total. The Bertz CT molecular complexity index is 655.